The minimum Gasteiger partial charge on any atom is -0.343 e. The van der Waals surface area contributed by atoms with Gasteiger partial charge in [0, 0.05) is 43.3 Å². The second kappa shape index (κ2) is 7.49. The summed E-state index contributed by atoms with van der Waals surface area (Å²) in [5.74, 6) is 0. The van der Waals surface area contributed by atoms with Crippen molar-refractivity contribution >= 4 is 17.1 Å². The lowest BCUT2D eigenvalue weighted by atomic mass is 10.1. The lowest BCUT2D eigenvalue weighted by Gasteiger charge is -2.25. The minimum absolute atomic E-state index is 0.990. The summed E-state index contributed by atoms with van der Waals surface area (Å²) in [6.07, 6.45) is 10.8. The molecule has 0 saturated heterocycles. The quantitative estimate of drug-likeness (QED) is 0.750. The first-order valence-corrected chi connectivity index (χ1v) is 8.94. The maximum absolute atomic E-state index is 4.37. The number of allylic oxidation sites excluding steroid dienone is 1. The number of rotatable bonds is 5. The molecule has 1 aromatic carbocycles. The fourth-order valence-corrected chi connectivity index (χ4v) is 3.28. The Morgan fingerprint density at radius 1 is 1.08 bits per heavy atom. The molecule has 0 atom stereocenters. The van der Waals surface area contributed by atoms with E-state index in [0.29, 0.717) is 0 Å². The molecule has 25 heavy (non-hydrogen) atoms. The van der Waals surface area contributed by atoms with Gasteiger partial charge in [-0.2, -0.15) is 0 Å². The van der Waals surface area contributed by atoms with Gasteiger partial charge in [-0.1, -0.05) is 48.6 Å². The van der Waals surface area contributed by atoms with Crippen LogP contribution < -0.4 is 0 Å². The number of aromatic amines is 1. The molecule has 0 radical (unpaired) electrons. The molecule has 4 rings (SSSR count). The summed E-state index contributed by atoms with van der Waals surface area (Å²) in [6, 6.07) is 16.8. The van der Waals surface area contributed by atoms with Crippen LogP contribution in [0.5, 0.6) is 0 Å². The number of H-pyrrole nitrogens is 1. The van der Waals surface area contributed by atoms with E-state index < -0.39 is 0 Å². The third-order valence-electron chi connectivity index (χ3n) is 4.76. The van der Waals surface area contributed by atoms with Gasteiger partial charge in [-0.15, -0.1) is 0 Å². The first kappa shape index (κ1) is 15.9. The number of nitrogens with one attached hydrogen (secondary N) is 1. The molecule has 3 nitrogen and oxygen atoms in total. The fourth-order valence-electron chi connectivity index (χ4n) is 3.28. The van der Waals surface area contributed by atoms with Crippen molar-refractivity contribution in [2.45, 2.75) is 12.8 Å². The summed E-state index contributed by atoms with van der Waals surface area (Å²) >= 11 is 0. The number of benzene rings is 1. The van der Waals surface area contributed by atoms with Crippen molar-refractivity contribution < 1.29 is 0 Å². The zero-order valence-corrected chi connectivity index (χ0v) is 14.4. The first-order valence-electron chi connectivity index (χ1n) is 8.94. The van der Waals surface area contributed by atoms with E-state index in [2.05, 4.69) is 75.6 Å². The highest BCUT2D eigenvalue weighted by Gasteiger charge is 2.11. The van der Waals surface area contributed by atoms with E-state index in [1.807, 2.05) is 12.3 Å². The summed E-state index contributed by atoms with van der Waals surface area (Å²) in [6.45, 7) is 3.25. The van der Waals surface area contributed by atoms with E-state index in [9.17, 15) is 0 Å². The van der Waals surface area contributed by atoms with E-state index in [0.717, 1.165) is 38.1 Å². The number of aromatic nitrogens is 2. The molecule has 1 aliphatic heterocycles. The number of pyridine rings is 1. The van der Waals surface area contributed by atoms with E-state index in [1.165, 1.54) is 22.2 Å². The minimum atomic E-state index is 0.990. The van der Waals surface area contributed by atoms with Gasteiger partial charge in [-0.05, 0) is 35.8 Å². The molecule has 3 heteroatoms. The standard InChI is InChI=1S/C22H23N3/c1-2-5-18(6-3-1)8-9-19-10-14-25(15-11-19)16-12-21-17-20-7-4-13-23-22(20)24-21/h1-10,13,17H,11-12,14-16H2,(H,23,24)/b9-8+. The van der Waals surface area contributed by atoms with Crippen LogP contribution >= 0.6 is 0 Å². The Balaban J connectivity index is 1.30. The molecule has 0 amide bonds. The highest BCUT2D eigenvalue weighted by molar-refractivity contribution is 5.76. The van der Waals surface area contributed by atoms with Gasteiger partial charge < -0.3 is 4.98 Å². The number of hydrogen-bond acceptors (Lipinski definition) is 2. The van der Waals surface area contributed by atoms with Crippen LogP contribution in [-0.2, 0) is 6.42 Å². The van der Waals surface area contributed by atoms with E-state index in [1.54, 1.807) is 0 Å². The Hall–Kier alpha value is -2.65. The molecular weight excluding hydrogens is 306 g/mol. The second-order valence-corrected chi connectivity index (χ2v) is 6.56. The SMILES string of the molecule is C1=C(/C=C/c2ccccc2)CCN(CCc2cc3cccnc3[nH]2)C1. The third-order valence-corrected chi connectivity index (χ3v) is 4.76. The van der Waals surface area contributed by atoms with Gasteiger partial charge in [0.15, 0.2) is 0 Å². The van der Waals surface area contributed by atoms with Crippen LogP contribution in [0.25, 0.3) is 17.1 Å². The Labute approximate surface area is 148 Å². The Bertz CT molecular complexity index is 857. The maximum Gasteiger partial charge on any atom is 0.137 e. The molecule has 0 unspecified atom stereocenters. The van der Waals surface area contributed by atoms with Gasteiger partial charge in [0.2, 0.25) is 0 Å². The van der Waals surface area contributed by atoms with Crippen LogP contribution in [0.4, 0.5) is 0 Å². The Kier molecular flexibility index (Phi) is 4.75. The molecule has 0 bridgehead atoms. The van der Waals surface area contributed by atoms with Crippen molar-refractivity contribution in [1.82, 2.24) is 14.9 Å². The van der Waals surface area contributed by atoms with Crippen LogP contribution in [-0.4, -0.2) is 34.5 Å². The van der Waals surface area contributed by atoms with Crippen molar-refractivity contribution in [1.29, 1.82) is 0 Å². The highest BCUT2D eigenvalue weighted by atomic mass is 15.1. The van der Waals surface area contributed by atoms with Gasteiger partial charge in [0.25, 0.3) is 0 Å². The first-order chi connectivity index (χ1) is 12.4. The van der Waals surface area contributed by atoms with E-state index in [-0.39, 0.29) is 0 Å². The van der Waals surface area contributed by atoms with E-state index in [4.69, 9.17) is 0 Å². The summed E-state index contributed by atoms with van der Waals surface area (Å²) in [4.78, 5) is 10.3. The normalized spacial score (nSPS) is 15.8. The molecule has 3 heterocycles. The van der Waals surface area contributed by atoms with Gasteiger partial charge >= 0.3 is 0 Å². The van der Waals surface area contributed by atoms with Crippen molar-refractivity contribution in [2.24, 2.45) is 0 Å². The van der Waals surface area contributed by atoms with Crippen molar-refractivity contribution in [3.8, 4) is 0 Å². The Morgan fingerprint density at radius 3 is 2.80 bits per heavy atom. The van der Waals surface area contributed by atoms with Gasteiger partial charge in [-0.3, -0.25) is 4.90 Å². The van der Waals surface area contributed by atoms with Crippen LogP contribution in [0.15, 0.2) is 72.5 Å². The number of nitrogens with zero attached hydrogens (tertiary/aromatic N) is 2. The monoisotopic (exact) mass is 329 g/mol. The molecule has 3 aromatic rings. The van der Waals surface area contributed by atoms with Crippen molar-refractivity contribution in [3.05, 3.63) is 83.7 Å². The average Bonchev–Trinajstić information content (AvgIpc) is 3.09. The van der Waals surface area contributed by atoms with Gasteiger partial charge in [0.05, 0.1) is 0 Å². The second-order valence-electron chi connectivity index (χ2n) is 6.56. The fraction of sp³-hybridized carbons (Fsp3) is 0.227. The molecule has 0 aliphatic carbocycles. The topological polar surface area (TPSA) is 31.9 Å². The lowest BCUT2D eigenvalue weighted by Crippen LogP contribution is -2.30. The third kappa shape index (κ3) is 4.06. The maximum atomic E-state index is 4.37. The molecule has 2 aromatic heterocycles. The molecular formula is C22H23N3. The molecule has 1 N–H and O–H groups in total. The van der Waals surface area contributed by atoms with Crippen molar-refractivity contribution in [2.75, 3.05) is 19.6 Å². The average molecular weight is 329 g/mol. The summed E-state index contributed by atoms with van der Waals surface area (Å²) in [7, 11) is 0. The molecule has 0 fully saturated rings. The summed E-state index contributed by atoms with van der Waals surface area (Å²) < 4.78 is 0. The number of hydrogen-bond donors (Lipinski definition) is 1. The zero-order valence-electron chi connectivity index (χ0n) is 14.4. The van der Waals surface area contributed by atoms with Crippen LogP contribution in [0, 0.1) is 0 Å². The lowest BCUT2D eigenvalue weighted by molar-refractivity contribution is 0.298. The highest BCUT2D eigenvalue weighted by Crippen LogP contribution is 2.16. The van der Waals surface area contributed by atoms with Crippen LogP contribution in [0.1, 0.15) is 17.7 Å². The molecule has 1 aliphatic rings. The van der Waals surface area contributed by atoms with Gasteiger partial charge in [-0.25, -0.2) is 4.98 Å². The van der Waals surface area contributed by atoms with Gasteiger partial charge in [0.1, 0.15) is 5.65 Å². The van der Waals surface area contributed by atoms with Crippen LogP contribution in [0.3, 0.4) is 0 Å². The largest absolute Gasteiger partial charge is 0.343 e. The zero-order chi connectivity index (χ0) is 16.9. The predicted molar refractivity (Wildman–Crippen MR) is 104 cm³/mol. The molecule has 126 valence electrons. The number of fused-ring (bicyclic) bond motifs is 1. The van der Waals surface area contributed by atoms with E-state index >= 15 is 0 Å². The van der Waals surface area contributed by atoms with Crippen LogP contribution in [0.2, 0.25) is 0 Å². The van der Waals surface area contributed by atoms with Crippen molar-refractivity contribution in [3.63, 3.8) is 0 Å². The summed E-state index contributed by atoms with van der Waals surface area (Å²) in [5.41, 5.74) is 4.96. The smallest absolute Gasteiger partial charge is 0.137 e. The molecule has 0 spiro atoms. The Morgan fingerprint density at radius 2 is 2.00 bits per heavy atom. The molecule has 0 saturated carbocycles. The predicted octanol–water partition coefficient (Wildman–Crippen LogP) is 4.45. The summed E-state index contributed by atoms with van der Waals surface area (Å²) in [5, 5.41) is 1.20.